The van der Waals surface area contributed by atoms with Gasteiger partial charge in [0.1, 0.15) is 11.5 Å². The summed E-state index contributed by atoms with van der Waals surface area (Å²) in [5.74, 6) is 3.88. The fourth-order valence-corrected chi connectivity index (χ4v) is 11.8. The van der Waals surface area contributed by atoms with E-state index in [-0.39, 0.29) is 17.9 Å². The molecule has 0 aliphatic heterocycles. The number of aryl methyl sites for hydroxylation is 1. The van der Waals surface area contributed by atoms with Gasteiger partial charge in [-0.2, -0.15) is 0 Å². The van der Waals surface area contributed by atoms with Crippen molar-refractivity contribution in [2.45, 2.75) is 128 Å². The molecule has 3 saturated carbocycles. The number of rotatable bonds is 9. The highest BCUT2D eigenvalue weighted by molar-refractivity contribution is 5.94. The molecule has 0 spiro atoms. The molecular formula is C60H64O4. The van der Waals surface area contributed by atoms with Crippen molar-refractivity contribution in [2.75, 3.05) is 0 Å². The van der Waals surface area contributed by atoms with Gasteiger partial charge >= 0.3 is 11.9 Å². The summed E-state index contributed by atoms with van der Waals surface area (Å²) in [4.78, 5) is 28.3. The normalized spacial score (nSPS) is 24.3. The Morgan fingerprint density at radius 1 is 0.484 bits per heavy atom. The zero-order valence-electron chi connectivity index (χ0n) is 38.0. The van der Waals surface area contributed by atoms with Gasteiger partial charge in [0, 0.05) is 11.1 Å². The van der Waals surface area contributed by atoms with Crippen molar-refractivity contribution in [3.8, 4) is 28.0 Å². The summed E-state index contributed by atoms with van der Waals surface area (Å²) in [6.45, 7) is 4.74. The molecule has 0 bridgehead atoms. The SMILES string of the molecule is CC1CCC(c2ccc(-c3ccc(C(=O)OC4=C(c5c(OC(=O)c6ccc(-c7ccc(C8CCC(C)CC8)cc7)cc6)ccc6c5CCCC6)C5CCCCC5C=C4)cc3)cc2)CC1. The minimum absolute atomic E-state index is 0.169. The Labute approximate surface area is 381 Å². The average molecular weight is 849 g/mol. The van der Waals surface area contributed by atoms with E-state index in [1.807, 2.05) is 60.7 Å². The molecule has 4 heteroatoms. The number of ether oxygens (including phenoxy) is 2. The molecule has 10 rings (SSSR count). The third kappa shape index (κ3) is 9.08. The third-order valence-electron chi connectivity index (χ3n) is 15.8. The van der Waals surface area contributed by atoms with Crippen LogP contribution < -0.4 is 4.74 Å². The molecule has 4 nitrogen and oxygen atoms in total. The molecule has 0 heterocycles. The van der Waals surface area contributed by atoms with Crippen molar-refractivity contribution in [1.82, 2.24) is 0 Å². The standard InChI is InChI=1S/C60H64O4/c1-39-11-15-41(16-12-39)43-19-23-45(24-20-43)47-27-31-51(32-28-47)59(61)63-55-37-35-49-7-3-5-9-53(49)57(55)58-54-10-6-4-8-50(54)36-38-56(58)64-60(62)52-33-29-48(30-34-52)46-25-21-44(22-26-46)42-17-13-40(2)14-18-42/h19-42,49,53H,3-18H2,1-2H3. The maximum Gasteiger partial charge on any atom is 0.343 e. The topological polar surface area (TPSA) is 52.6 Å². The van der Waals surface area contributed by atoms with E-state index in [0.29, 0.717) is 40.4 Å². The Morgan fingerprint density at radius 3 is 1.52 bits per heavy atom. The first-order valence-corrected chi connectivity index (χ1v) is 24.8. The minimum Gasteiger partial charge on any atom is -0.423 e. The van der Waals surface area contributed by atoms with Crippen molar-refractivity contribution in [1.29, 1.82) is 0 Å². The van der Waals surface area contributed by atoms with Crippen LogP contribution in [-0.2, 0) is 17.6 Å². The Balaban J connectivity index is 0.904. The smallest absolute Gasteiger partial charge is 0.343 e. The van der Waals surface area contributed by atoms with Crippen LogP contribution in [0.2, 0.25) is 0 Å². The van der Waals surface area contributed by atoms with Crippen LogP contribution in [0, 0.1) is 23.7 Å². The Kier molecular flexibility index (Phi) is 12.6. The van der Waals surface area contributed by atoms with Gasteiger partial charge in [-0.15, -0.1) is 0 Å². The van der Waals surface area contributed by atoms with Gasteiger partial charge in [0.15, 0.2) is 0 Å². The Morgan fingerprint density at radius 2 is 0.969 bits per heavy atom. The fourth-order valence-electron chi connectivity index (χ4n) is 11.8. The number of carbonyl (C=O) groups is 2. The quantitative estimate of drug-likeness (QED) is 0.110. The number of carbonyl (C=O) groups excluding carboxylic acids is 2. The number of hydrogen-bond acceptors (Lipinski definition) is 4. The van der Waals surface area contributed by atoms with E-state index in [4.69, 9.17) is 9.47 Å². The summed E-state index contributed by atoms with van der Waals surface area (Å²) in [6, 6.07) is 37.9. The van der Waals surface area contributed by atoms with Crippen molar-refractivity contribution in [3.63, 3.8) is 0 Å². The fraction of sp³-hybridized carbons (Fsp3) is 0.400. The van der Waals surface area contributed by atoms with E-state index in [9.17, 15) is 9.59 Å². The highest BCUT2D eigenvalue weighted by Crippen LogP contribution is 2.50. The van der Waals surface area contributed by atoms with E-state index < -0.39 is 0 Å². The van der Waals surface area contributed by atoms with E-state index in [1.54, 1.807) is 0 Å². The van der Waals surface area contributed by atoms with Crippen LogP contribution in [0.1, 0.15) is 164 Å². The van der Waals surface area contributed by atoms with E-state index >= 15 is 0 Å². The lowest BCUT2D eigenvalue weighted by Crippen LogP contribution is -2.25. The summed E-state index contributed by atoms with van der Waals surface area (Å²) >= 11 is 0. The third-order valence-corrected chi connectivity index (χ3v) is 15.8. The first-order chi connectivity index (χ1) is 31.3. The predicted molar refractivity (Wildman–Crippen MR) is 259 cm³/mol. The molecule has 2 unspecified atom stereocenters. The van der Waals surface area contributed by atoms with Crippen molar-refractivity contribution in [3.05, 3.63) is 166 Å². The van der Waals surface area contributed by atoms with Gasteiger partial charge in [-0.05, 0) is 181 Å². The number of fused-ring (bicyclic) bond motifs is 2. The van der Waals surface area contributed by atoms with Crippen LogP contribution in [-0.4, -0.2) is 11.9 Å². The predicted octanol–water partition coefficient (Wildman–Crippen LogP) is 15.7. The second kappa shape index (κ2) is 18.9. The molecule has 5 aromatic carbocycles. The highest BCUT2D eigenvalue weighted by Gasteiger charge is 2.37. The monoisotopic (exact) mass is 848 g/mol. The van der Waals surface area contributed by atoms with Crippen LogP contribution in [0.3, 0.4) is 0 Å². The van der Waals surface area contributed by atoms with Crippen LogP contribution in [0.25, 0.3) is 27.8 Å². The van der Waals surface area contributed by atoms with Crippen LogP contribution in [0.4, 0.5) is 0 Å². The zero-order valence-corrected chi connectivity index (χ0v) is 38.0. The number of allylic oxidation sites excluding steroid dienone is 3. The number of esters is 2. The lowest BCUT2D eigenvalue weighted by atomic mass is 9.69. The van der Waals surface area contributed by atoms with Gasteiger partial charge in [-0.25, -0.2) is 9.59 Å². The largest absolute Gasteiger partial charge is 0.423 e. The molecule has 0 saturated heterocycles. The van der Waals surface area contributed by atoms with Crippen molar-refractivity contribution >= 4 is 17.5 Å². The molecule has 5 aromatic rings. The maximum absolute atomic E-state index is 14.1. The van der Waals surface area contributed by atoms with E-state index in [1.165, 1.54) is 80.0 Å². The molecular weight excluding hydrogens is 785 g/mol. The summed E-state index contributed by atoms with van der Waals surface area (Å²) in [6.07, 6.45) is 23.1. The summed E-state index contributed by atoms with van der Waals surface area (Å²) in [7, 11) is 0. The van der Waals surface area contributed by atoms with Gasteiger partial charge < -0.3 is 9.47 Å². The first-order valence-electron chi connectivity index (χ1n) is 24.8. The summed E-state index contributed by atoms with van der Waals surface area (Å²) < 4.78 is 12.9. The number of hydrogen-bond donors (Lipinski definition) is 0. The Hall–Kier alpha value is -5.48. The molecule has 0 radical (unpaired) electrons. The summed E-state index contributed by atoms with van der Waals surface area (Å²) in [5, 5.41) is 0. The second-order valence-electron chi connectivity index (χ2n) is 20.1. The minimum atomic E-state index is -0.380. The second-order valence-corrected chi connectivity index (χ2v) is 20.1. The lowest BCUT2D eigenvalue weighted by molar-refractivity contribution is 0.0632. The van der Waals surface area contributed by atoms with Gasteiger partial charge in [0.2, 0.25) is 0 Å². The maximum atomic E-state index is 14.1. The molecule has 0 N–H and O–H groups in total. The van der Waals surface area contributed by atoms with Gasteiger partial charge in [0.25, 0.3) is 0 Å². The highest BCUT2D eigenvalue weighted by atomic mass is 16.5. The molecule has 3 fully saturated rings. The van der Waals surface area contributed by atoms with Crippen LogP contribution >= 0.6 is 0 Å². The number of benzene rings is 5. The summed E-state index contributed by atoms with van der Waals surface area (Å²) in [5.41, 5.74) is 12.9. The Bertz CT molecular complexity index is 2510. The molecule has 5 aliphatic rings. The van der Waals surface area contributed by atoms with E-state index in [2.05, 4.69) is 74.5 Å². The van der Waals surface area contributed by atoms with Crippen molar-refractivity contribution < 1.29 is 19.1 Å². The average Bonchev–Trinajstić information content (AvgIpc) is 3.35. The van der Waals surface area contributed by atoms with Gasteiger partial charge in [0.05, 0.1) is 11.1 Å². The molecule has 0 amide bonds. The van der Waals surface area contributed by atoms with Gasteiger partial charge in [-0.1, -0.05) is 137 Å². The molecule has 0 aromatic heterocycles. The molecule has 328 valence electrons. The molecule has 5 aliphatic carbocycles. The van der Waals surface area contributed by atoms with E-state index in [0.717, 1.165) is 90.2 Å². The zero-order chi connectivity index (χ0) is 43.6. The molecule has 2 atom stereocenters. The van der Waals surface area contributed by atoms with Crippen molar-refractivity contribution in [2.24, 2.45) is 23.7 Å². The van der Waals surface area contributed by atoms with Gasteiger partial charge in [-0.3, -0.25) is 0 Å². The first kappa shape index (κ1) is 42.5. The van der Waals surface area contributed by atoms with Crippen LogP contribution in [0.5, 0.6) is 5.75 Å². The molecule has 64 heavy (non-hydrogen) atoms. The lowest BCUT2D eigenvalue weighted by Gasteiger charge is -2.37. The van der Waals surface area contributed by atoms with Crippen LogP contribution in [0.15, 0.2) is 127 Å².